The van der Waals surface area contributed by atoms with Crippen LogP contribution >= 0.6 is 15.9 Å². The Morgan fingerprint density at radius 2 is 1.94 bits per heavy atom. The van der Waals surface area contributed by atoms with Gasteiger partial charge in [0, 0.05) is 17.1 Å². The van der Waals surface area contributed by atoms with Gasteiger partial charge in [-0.2, -0.15) is 0 Å². The van der Waals surface area contributed by atoms with Gasteiger partial charge in [-0.1, -0.05) is 12.1 Å². The molecule has 0 atom stereocenters. The quantitative estimate of drug-likeness (QED) is 0.293. The van der Waals surface area contributed by atoms with Crippen LogP contribution in [0.15, 0.2) is 52.1 Å². The van der Waals surface area contributed by atoms with Gasteiger partial charge in [0.2, 0.25) is 0 Å². The Kier molecular flexibility index (Phi) is 7.67. The Balaban J connectivity index is 1.97. The normalized spacial score (nSPS) is 13.3. The molecule has 1 amide bonds. The van der Waals surface area contributed by atoms with E-state index in [1.165, 1.54) is 18.1 Å². The number of rotatable bonds is 9. The SMILES string of the molecule is COC(=O)C1=C(Nc2c(Br)cc(Cc3ccc(OC)cc3)cc2[N+](=O)[O-])C(=O)N(CCO)C1. The van der Waals surface area contributed by atoms with Crippen LogP contribution in [0.4, 0.5) is 11.4 Å². The van der Waals surface area contributed by atoms with Crippen molar-refractivity contribution in [1.29, 1.82) is 0 Å². The number of halogens is 1. The number of nitrogens with one attached hydrogen (secondary N) is 1. The highest BCUT2D eigenvalue weighted by molar-refractivity contribution is 9.10. The van der Waals surface area contributed by atoms with E-state index in [0.717, 1.165) is 5.56 Å². The summed E-state index contributed by atoms with van der Waals surface area (Å²) in [6, 6.07) is 10.5. The highest BCUT2D eigenvalue weighted by atomic mass is 79.9. The maximum absolute atomic E-state index is 12.8. The molecule has 0 unspecified atom stereocenters. The summed E-state index contributed by atoms with van der Waals surface area (Å²) >= 11 is 3.36. The molecule has 11 heteroatoms. The molecule has 1 aliphatic rings. The topological polar surface area (TPSA) is 131 Å². The van der Waals surface area contributed by atoms with E-state index in [4.69, 9.17) is 9.47 Å². The Morgan fingerprint density at radius 1 is 1.24 bits per heavy atom. The van der Waals surface area contributed by atoms with E-state index < -0.39 is 16.8 Å². The Bertz CT molecular complexity index is 1120. The lowest BCUT2D eigenvalue weighted by Gasteiger charge is -2.16. The van der Waals surface area contributed by atoms with Gasteiger partial charge in [0.25, 0.3) is 11.6 Å². The summed E-state index contributed by atoms with van der Waals surface area (Å²) in [5.74, 6) is -0.592. The van der Waals surface area contributed by atoms with Gasteiger partial charge in [0.15, 0.2) is 0 Å². The molecule has 0 fully saturated rings. The van der Waals surface area contributed by atoms with Crippen LogP contribution in [-0.4, -0.2) is 60.7 Å². The first-order valence-electron chi connectivity index (χ1n) is 9.87. The lowest BCUT2D eigenvalue weighted by atomic mass is 10.0. The molecule has 2 aromatic rings. The number of benzene rings is 2. The predicted molar refractivity (Wildman–Crippen MR) is 123 cm³/mol. The molecule has 0 aliphatic carbocycles. The summed E-state index contributed by atoms with van der Waals surface area (Å²) in [7, 11) is 2.75. The van der Waals surface area contributed by atoms with E-state index in [9.17, 15) is 24.8 Å². The third kappa shape index (κ3) is 5.32. The average molecular weight is 520 g/mol. The smallest absolute Gasteiger partial charge is 0.337 e. The number of esters is 1. The van der Waals surface area contributed by atoms with Crippen LogP contribution in [0.5, 0.6) is 5.75 Å². The summed E-state index contributed by atoms with van der Waals surface area (Å²) in [5.41, 5.74) is 1.28. The molecule has 0 saturated heterocycles. The number of β-amino-alcohol motifs (C(OH)–C–C–N with tert-alkyl or cyclic N) is 1. The fraction of sp³-hybridized carbons (Fsp3) is 0.273. The zero-order chi connectivity index (χ0) is 24.1. The number of nitro benzene ring substituents is 1. The van der Waals surface area contributed by atoms with Crippen LogP contribution in [0.3, 0.4) is 0 Å². The molecule has 0 radical (unpaired) electrons. The van der Waals surface area contributed by atoms with Crippen molar-refractivity contribution in [3.63, 3.8) is 0 Å². The Labute approximate surface area is 198 Å². The Hall–Kier alpha value is -3.44. The van der Waals surface area contributed by atoms with Gasteiger partial charge >= 0.3 is 5.97 Å². The zero-order valence-electron chi connectivity index (χ0n) is 18.0. The van der Waals surface area contributed by atoms with Gasteiger partial charge in [0.1, 0.15) is 17.1 Å². The first-order chi connectivity index (χ1) is 15.8. The van der Waals surface area contributed by atoms with E-state index in [-0.39, 0.29) is 42.3 Å². The number of nitrogens with zero attached hydrogens (tertiary/aromatic N) is 2. The molecule has 1 aliphatic heterocycles. The molecule has 0 aromatic heterocycles. The van der Waals surface area contributed by atoms with Crippen molar-refractivity contribution in [3.8, 4) is 5.75 Å². The monoisotopic (exact) mass is 519 g/mol. The number of aliphatic hydroxyl groups is 1. The number of nitro groups is 1. The van der Waals surface area contributed by atoms with Crippen molar-refractivity contribution in [2.45, 2.75) is 6.42 Å². The third-order valence-corrected chi connectivity index (χ3v) is 5.72. The Morgan fingerprint density at radius 3 is 2.52 bits per heavy atom. The van der Waals surface area contributed by atoms with Crippen LogP contribution in [-0.2, 0) is 20.7 Å². The van der Waals surface area contributed by atoms with Crippen molar-refractivity contribution in [2.75, 3.05) is 39.2 Å². The summed E-state index contributed by atoms with van der Waals surface area (Å²) < 4.78 is 10.3. The second-order valence-electron chi connectivity index (χ2n) is 7.17. The molecular formula is C22H22BrN3O7. The minimum atomic E-state index is -0.735. The molecular weight excluding hydrogens is 498 g/mol. The highest BCUT2D eigenvalue weighted by Crippen LogP contribution is 2.37. The first kappa shape index (κ1) is 24.2. The molecule has 10 nitrogen and oxygen atoms in total. The van der Waals surface area contributed by atoms with E-state index in [1.54, 1.807) is 25.3 Å². The number of hydrogen-bond donors (Lipinski definition) is 2. The summed E-state index contributed by atoms with van der Waals surface area (Å²) in [5, 5.41) is 23.8. The van der Waals surface area contributed by atoms with Gasteiger partial charge in [-0.3, -0.25) is 14.9 Å². The summed E-state index contributed by atoms with van der Waals surface area (Å²) in [4.78, 5) is 37.5. The van der Waals surface area contributed by atoms with E-state index in [0.29, 0.717) is 22.2 Å². The third-order valence-electron chi connectivity index (χ3n) is 5.10. The average Bonchev–Trinajstić information content (AvgIpc) is 3.10. The fourth-order valence-electron chi connectivity index (χ4n) is 3.47. The highest BCUT2D eigenvalue weighted by Gasteiger charge is 2.36. The van der Waals surface area contributed by atoms with Gasteiger partial charge in [0.05, 0.1) is 37.9 Å². The number of ether oxygens (including phenoxy) is 2. The molecule has 0 saturated carbocycles. The molecule has 0 bridgehead atoms. The molecule has 1 heterocycles. The van der Waals surface area contributed by atoms with Gasteiger partial charge in [-0.15, -0.1) is 0 Å². The van der Waals surface area contributed by atoms with Gasteiger partial charge in [-0.05, 0) is 51.7 Å². The van der Waals surface area contributed by atoms with Crippen molar-refractivity contribution in [3.05, 3.63) is 73.4 Å². The maximum Gasteiger partial charge on any atom is 0.337 e. The molecule has 174 valence electrons. The first-order valence-corrected chi connectivity index (χ1v) is 10.7. The van der Waals surface area contributed by atoms with Crippen molar-refractivity contribution in [1.82, 2.24) is 4.90 Å². The lowest BCUT2D eigenvalue weighted by molar-refractivity contribution is -0.384. The van der Waals surface area contributed by atoms with Crippen molar-refractivity contribution < 1.29 is 29.1 Å². The maximum atomic E-state index is 12.8. The number of amides is 1. The van der Waals surface area contributed by atoms with Gasteiger partial charge in [-0.25, -0.2) is 4.79 Å². The van der Waals surface area contributed by atoms with Crippen LogP contribution in [0, 0.1) is 10.1 Å². The van der Waals surface area contributed by atoms with Crippen molar-refractivity contribution >= 4 is 39.2 Å². The van der Waals surface area contributed by atoms with E-state index in [1.807, 2.05) is 12.1 Å². The lowest BCUT2D eigenvalue weighted by Crippen LogP contribution is -2.31. The second-order valence-corrected chi connectivity index (χ2v) is 8.03. The number of anilines is 1. The van der Waals surface area contributed by atoms with Crippen LogP contribution in [0.2, 0.25) is 0 Å². The van der Waals surface area contributed by atoms with Crippen LogP contribution in [0.1, 0.15) is 11.1 Å². The predicted octanol–water partition coefficient (Wildman–Crippen LogP) is 2.63. The number of methoxy groups -OCH3 is 2. The summed E-state index contributed by atoms with van der Waals surface area (Å²) in [6.07, 6.45) is 0.434. The zero-order valence-corrected chi connectivity index (χ0v) is 19.5. The number of carbonyl (C=O) groups excluding carboxylic acids is 2. The fourth-order valence-corrected chi connectivity index (χ4v) is 4.07. The van der Waals surface area contributed by atoms with E-state index >= 15 is 0 Å². The standard InChI is InChI=1S/C22H22BrN3O7/c1-32-15-5-3-13(4-6-15)9-14-10-17(23)20(18(11-14)26(30)31)24-19-16(22(29)33-2)12-25(7-8-27)21(19)28/h3-6,10-11,24,27H,7-9,12H2,1-2H3. The number of carbonyl (C=O) groups is 2. The largest absolute Gasteiger partial charge is 0.497 e. The number of hydrogen-bond acceptors (Lipinski definition) is 8. The second kappa shape index (κ2) is 10.5. The minimum Gasteiger partial charge on any atom is -0.497 e. The van der Waals surface area contributed by atoms with E-state index in [2.05, 4.69) is 21.2 Å². The molecule has 3 rings (SSSR count). The number of aliphatic hydroxyl groups excluding tert-OH is 1. The van der Waals surface area contributed by atoms with Crippen LogP contribution < -0.4 is 10.1 Å². The molecule has 0 spiro atoms. The minimum absolute atomic E-state index is 0.00850. The van der Waals surface area contributed by atoms with Crippen molar-refractivity contribution in [2.24, 2.45) is 0 Å². The van der Waals surface area contributed by atoms with Crippen LogP contribution in [0.25, 0.3) is 0 Å². The van der Waals surface area contributed by atoms with Gasteiger partial charge < -0.3 is 24.8 Å². The molecule has 2 aromatic carbocycles. The molecule has 33 heavy (non-hydrogen) atoms. The molecule has 2 N–H and O–H groups in total. The summed E-state index contributed by atoms with van der Waals surface area (Å²) in [6.45, 7) is -0.360.